The number of non-ortho nitro benzene ring substituents is 1. The van der Waals surface area contributed by atoms with E-state index >= 15 is 0 Å². The van der Waals surface area contributed by atoms with Crippen molar-refractivity contribution in [1.29, 1.82) is 0 Å². The summed E-state index contributed by atoms with van der Waals surface area (Å²) < 4.78 is 0. The maximum atomic E-state index is 10.7. The zero-order valence-electron chi connectivity index (χ0n) is 11.0. The monoisotopic (exact) mass is 246 g/mol. The van der Waals surface area contributed by atoms with E-state index in [0.717, 1.165) is 18.5 Å². The summed E-state index contributed by atoms with van der Waals surface area (Å²) in [5.74, 6) is 5.70. The lowest BCUT2D eigenvalue weighted by Gasteiger charge is -2.17. The van der Waals surface area contributed by atoms with Gasteiger partial charge in [0.2, 0.25) is 0 Å². The summed E-state index contributed by atoms with van der Waals surface area (Å²) >= 11 is 0. The Kier molecular flexibility index (Phi) is 5.19. The number of benzene rings is 1. The van der Waals surface area contributed by atoms with Crippen molar-refractivity contribution in [2.24, 2.45) is 0 Å². The van der Waals surface area contributed by atoms with E-state index in [0.29, 0.717) is 11.6 Å². The molecule has 0 bridgehead atoms. The van der Waals surface area contributed by atoms with Crippen molar-refractivity contribution < 1.29 is 4.92 Å². The predicted octanol–water partition coefficient (Wildman–Crippen LogP) is 3.57. The molecule has 4 heteroatoms. The fourth-order valence-electron chi connectivity index (χ4n) is 1.72. The first kappa shape index (κ1) is 14.0. The Balaban J connectivity index is 3.09. The van der Waals surface area contributed by atoms with Gasteiger partial charge < -0.3 is 5.32 Å². The average molecular weight is 246 g/mol. The fraction of sp³-hybridized carbons (Fsp3) is 0.429. The average Bonchev–Trinajstić information content (AvgIpc) is 2.37. The number of nitrogens with one attached hydrogen (secondary N) is 1. The van der Waals surface area contributed by atoms with Crippen LogP contribution in [-0.4, -0.2) is 11.0 Å². The maximum absolute atomic E-state index is 10.7. The molecule has 0 aromatic heterocycles. The summed E-state index contributed by atoms with van der Waals surface area (Å²) in [7, 11) is 0. The van der Waals surface area contributed by atoms with Crippen molar-refractivity contribution in [3.05, 3.63) is 33.9 Å². The Morgan fingerprint density at radius 1 is 1.39 bits per heavy atom. The van der Waals surface area contributed by atoms with Crippen LogP contribution in [0.2, 0.25) is 0 Å². The van der Waals surface area contributed by atoms with E-state index in [9.17, 15) is 10.1 Å². The number of hydrogen-bond donors (Lipinski definition) is 1. The van der Waals surface area contributed by atoms with Gasteiger partial charge in [-0.1, -0.05) is 19.8 Å². The molecule has 0 fully saturated rings. The molecule has 0 saturated heterocycles. The van der Waals surface area contributed by atoms with E-state index in [1.807, 2.05) is 0 Å². The molecule has 0 amide bonds. The molecule has 18 heavy (non-hydrogen) atoms. The quantitative estimate of drug-likeness (QED) is 0.491. The second-order valence-electron chi connectivity index (χ2n) is 4.02. The first-order valence-electron chi connectivity index (χ1n) is 6.10. The van der Waals surface area contributed by atoms with Crippen LogP contribution in [0.15, 0.2) is 18.2 Å². The molecule has 1 rings (SSSR count). The third kappa shape index (κ3) is 3.49. The second-order valence-corrected chi connectivity index (χ2v) is 4.02. The van der Waals surface area contributed by atoms with Crippen molar-refractivity contribution in [2.45, 2.75) is 39.7 Å². The minimum absolute atomic E-state index is 0.0721. The molecular weight excluding hydrogens is 228 g/mol. The van der Waals surface area contributed by atoms with Crippen molar-refractivity contribution in [3.63, 3.8) is 0 Å². The molecule has 0 saturated carbocycles. The summed E-state index contributed by atoms with van der Waals surface area (Å²) in [6, 6.07) is 5.12. The molecule has 0 aliphatic rings. The van der Waals surface area contributed by atoms with Gasteiger partial charge in [0, 0.05) is 18.2 Å². The molecule has 0 heterocycles. The Bertz CT molecular complexity index is 482. The highest BCUT2D eigenvalue weighted by atomic mass is 16.6. The molecular formula is C14H18N2O2. The van der Waals surface area contributed by atoms with Gasteiger partial charge in [0.05, 0.1) is 16.2 Å². The molecule has 0 spiro atoms. The highest BCUT2D eigenvalue weighted by Gasteiger charge is 2.11. The number of nitrogens with zero attached hydrogens (tertiary/aromatic N) is 1. The normalized spacial score (nSPS) is 9.78. The van der Waals surface area contributed by atoms with Gasteiger partial charge in [0.15, 0.2) is 0 Å². The van der Waals surface area contributed by atoms with Crippen LogP contribution in [0, 0.1) is 22.0 Å². The van der Waals surface area contributed by atoms with E-state index in [1.54, 1.807) is 13.0 Å². The Morgan fingerprint density at radius 3 is 2.56 bits per heavy atom. The minimum atomic E-state index is -0.401. The van der Waals surface area contributed by atoms with E-state index in [-0.39, 0.29) is 5.69 Å². The summed E-state index contributed by atoms with van der Waals surface area (Å²) in [6.45, 7) is 5.94. The molecule has 96 valence electrons. The lowest BCUT2D eigenvalue weighted by Crippen LogP contribution is -2.17. The number of rotatable bonds is 5. The van der Waals surface area contributed by atoms with Crippen LogP contribution >= 0.6 is 0 Å². The second kappa shape index (κ2) is 6.65. The van der Waals surface area contributed by atoms with E-state index < -0.39 is 4.92 Å². The number of nitro benzene ring substituents is 1. The van der Waals surface area contributed by atoms with Crippen LogP contribution in [0.3, 0.4) is 0 Å². The summed E-state index contributed by atoms with van der Waals surface area (Å²) in [4.78, 5) is 10.3. The van der Waals surface area contributed by atoms with Crippen LogP contribution in [0.5, 0.6) is 0 Å². The molecule has 1 aromatic rings. The van der Waals surface area contributed by atoms with Gasteiger partial charge in [0.1, 0.15) is 0 Å². The number of anilines is 1. The van der Waals surface area contributed by atoms with Crippen LogP contribution in [-0.2, 0) is 0 Å². The van der Waals surface area contributed by atoms with Crippen molar-refractivity contribution in [2.75, 3.05) is 5.32 Å². The topological polar surface area (TPSA) is 55.2 Å². The molecule has 0 radical (unpaired) electrons. The van der Waals surface area contributed by atoms with Crippen LogP contribution in [0.1, 0.15) is 39.2 Å². The minimum Gasteiger partial charge on any atom is -0.381 e. The smallest absolute Gasteiger partial charge is 0.270 e. The van der Waals surface area contributed by atoms with Gasteiger partial charge in [-0.25, -0.2) is 0 Å². The lowest BCUT2D eigenvalue weighted by atomic mass is 10.1. The summed E-state index contributed by atoms with van der Waals surface area (Å²) in [5, 5.41) is 14.1. The van der Waals surface area contributed by atoms with Crippen molar-refractivity contribution in [1.82, 2.24) is 0 Å². The number of nitro groups is 1. The molecule has 1 aromatic carbocycles. The standard InChI is InChI=1S/C14H18N2O2/c1-4-7-11-10-13(16(17)18)8-9-14(11)15-12(5-2)6-3/h8-10,12,15H,5-6H2,1-3H3. The predicted molar refractivity (Wildman–Crippen MR) is 73.6 cm³/mol. The van der Waals surface area contributed by atoms with Crippen molar-refractivity contribution in [3.8, 4) is 11.8 Å². The van der Waals surface area contributed by atoms with Gasteiger partial charge in [-0.3, -0.25) is 10.1 Å². The zero-order valence-corrected chi connectivity index (χ0v) is 11.0. The molecule has 0 aliphatic carbocycles. The summed E-state index contributed by atoms with van der Waals surface area (Å²) in [5.41, 5.74) is 1.62. The molecule has 0 unspecified atom stereocenters. The maximum Gasteiger partial charge on any atom is 0.270 e. The SMILES string of the molecule is CC#Cc1cc([N+](=O)[O-])ccc1NC(CC)CC. The highest BCUT2D eigenvalue weighted by molar-refractivity contribution is 5.63. The Hall–Kier alpha value is -2.02. The highest BCUT2D eigenvalue weighted by Crippen LogP contribution is 2.23. The van der Waals surface area contributed by atoms with Gasteiger partial charge >= 0.3 is 0 Å². The number of hydrogen-bond acceptors (Lipinski definition) is 3. The molecule has 4 nitrogen and oxygen atoms in total. The van der Waals surface area contributed by atoms with Crippen LogP contribution < -0.4 is 5.32 Å². The Morgan fingerprint density at radius 2 is 2.06 bits per heavy atom. The first-order chi connectivity index (χ1) is 8.62. The summed E-state index contributed by atoms with van der Waals surface area (Å²) in [6.07, 6.45) is 2.01. The van der Waals surface area contributed by atoms with Gasteiger partial charge in [-0.05, 0) is 25.8 Å². The third-order valence-corrected chi connectivity index (χ3v) is 2.82. The molecule has 1 N–H and O–H groups in total. The zero-order chi connectivity index (χ0) is 13.5. The third-order valence-electron chi connectivity index (χ3n) is 2.82. The van der Waals surface area contributed by atoms with E-state index in [2.05, 4.69) is 31.0 Å². The van der Waals surface area contributed by atoms with Crippen molar-refractivity contribution >= 4 is 11.4 Å². The van der Waals surface area contributed by atoms with E-state index in [4.69, 9.17) is 0 Å². The van der Waals surface area contributed by atoms with Gasteiger partial charge in [-0.2, -0.15) is 0 Å². The lowest BCUT2D eigenvalue weighted by molar-refractivity contribution is -0.384. The fourth-order valence-corrected chi connectivity index (χ4v) is 1.72. The molecule has 0 aliphatic heterocycles. The van der Waals surface area contributed by atoms with Gasteiger partial charge in [0.25, 0.3) is 5.69 Å². The van der Waals surface area contributed by atoms with Crippen LogP contribution in [0.4, 0.5) is 11.4 Å². The Labute approximate surface area is 108 Å². The molecule has 0 atom stereocenters. The largest absolute Gasteiger partial charge is 0.381 e. The van der Waals surface area contributed by atoms with E-state index in [1.165, 1.54) is 12.1 Å². The first-order valence-corrected chi connectivity index (χ1v) is 6.10. The van der Waals surface area contributed by atoms with Crippen LogP contribution in [0.25, 0.3) is 0 Å². The van der Waals surface area contributed by atoms with Gasteiger partial charge in [-0.15, -0.1) is 5.92 Å².